The molecule has 0 aliphatic rings. The van der Waals surface area contributed by atoms with E-state index >= 15 is 0 Å². The lowest BCUT2D eigenvalue weighted by molar-refractivity contribution is 0.837. The molecule has 0 atom stereocenters. The van der Waals surface area contributed by atoms with Crippen molar-refractivity contribution < 1.29 is 0 Å². The average molecular weight is 271 g/mol. The van der Waals surface area contributed by atoms with Crippen LogP contribution in [0.5, 0.6) is 0 Å². The highest BCUT2D eigenvalue weighted by atomic mass is 35.5. The Labute approximate surface area is 117 Å². The minimum atomic E-state index is 0.582. The molecule has 3 rings (SSSR count). The summed E-state index contributed by atoms with van der Waals surface area (Å²) in [6.45, 7) is 1.43. The van der Waals surface area contributed by atoms with Crippen molar-refractivity contribution in [2.24, 2.45) is 5.73 Å². The zero-order valence-corrected chi connectivity index (χ0v) is 11.3. The minimum absolute atomic E-state index is 0.582. The van der Waals surface area contributed by atoms with E-state index in [1.165, 1.54) is 16.5 Å². The molecule has 2 N–H and O–H groups in total. The standard InChI is InChI=1S/C16H15ClN2/c17-15-4-1-12(2-5-15)11-19-8-7-14-9-13(10-18)3-6-16(14)19/h1-9H,10-11,18H2. The van der Waals surface area contributed by atoms with Crippen LogP contribution in [0.2, 0.25) is 5.02 Å². The second-order valence-corrected chi connectivity index (χ2v) is 5.10. The van der Waals surface area contributed by atoms with Gasteiger partial charge >= 0.3 is 0 Å². The van der Waals surface area contributed by atoms with Gasteiger partial charge in [0.2, 0.25) is 0 Å². The molecule has 1 heterocycles. The van der Waals surface area contributed by atoms with Gasteiger partial charge in [-0.3, -0.25) is 0 Å². The summed E-state index contributed by atoms with van der Waals surface area (Å²) in [5.74, 6) is 0. The molecule has 19 heavy (non-hydrogen) atoms. The third-order valence-electron chi connectivity index (χ3n) is 3.34. The van der Waals surface area contributed by atoms with Crippen LogP contribution in [0.15, 0.2) is 54.7 Å². The molecule has 0 fully saturated rings. The van der Waals surface area contributed by atoms with Crippen LogP contribution in [0.4, 0.5) is 0 Å². The van der Waals surface area contributed by atoms with Crippen molar-refractivity contribution >= 4 is 22.5 Å². The van der Waals surface area contributed by atoms with Crippen molar-refractivity contribution in [1.29, 1.82) is 0 Å². The first kappa shape index (κ1) is 12.3. The fraction of sp³-hybridized carbons (Fsp3) is 0.125. The van der Waals surface area contributed by atoms with Gasteiger partial charge in [0.05, 0.1) is 0 Å². The van der Waals surface area contributed by atoms with Crippen molar-refractivity contribution in [1.82, 2.24) is 4.57 Å². The molecule has 96 valence electrons. The first-order valence-corrected chi connectivity index (χ1v) is 6.66. The SMILES string of the molecule is NCc1ccc2c(ccn2Cc2ccc(Cl)cc2)c1. The van der Waals surface area contributed by atoms with Gasteiger partial charge in [-0.1, -0.05) is 29.8 Å². The fourth-order valence-corrected chi connectivity index (χ4v) is 2.43. The smallest absolute Gasteiger partial charge is 0.0483 e. The number of aromatic nitrogens is 1. The molecule has 0 saturated heterocycles. The molecule has 2 aromatic carbocycles. The maximum atomic E-state index is 5.90. The monoisotopic (exact) mass is 270 g/mol. The zero-order chi connectivity index (χ0) is 13.2. The van der Waals surface area contributed by atoms with Crippen molar-refractivity contribution in [2.45, 2.75) is 13.1 Å². The van der Waals surface area contributed by atoms with E-state index in [0.29, 0.717) is 6.54 Å². The second-order valence-electron chi connectivity index (χ2n) is 4.67. The van der Waals surface area contributed by atoms with E-state index in [-0.39, 0.29) is 0 Å². The summed E-state index contributed by atoms with van der Waals surface area (Å²) in [5.41, 5.74) is 9.30. The van der Waals surface area contributed by atoms with Crippen molar-refractivity contribution in [3.63, 3.8) is 0 Å². The summed E-state index contributed by atoms with van der Waals surface area (Å²) < 4.78 is 2.23. The van der Waals surface area contributed by atoms with E-state index in [0.717, 1.165) is 17.1 Å². The first-order chi connectivity index (χ1) is 9.26. The van der Waals surface area contributed by atoms with E-state index in [4.69, 9.17) is 17.3 Å². The molecule has 2 nitrogen and oxygen atoms in total. The molecule has 0 amide bonds. The van der Waals surface area contributed by atoms with Crippen LogP contribution in [0.1, 0.15) is 11.1 Å². The van der Waals surface area contributed by atoms with Gasteiger partial charge in [-0.05, 0) is 46.8 Å². The maximum absolute atomic E-state index is 5.90. The Balaban J connectivity index is 1.95. The molecule has 0 bridgehead atoms. The van der Waals surface area contributed by atoms with Gasteiger partial charge in [0.15, 0.2) is 0 Å². The predicted molar refractivity (Wildman–Crippen MR) is 80.4 cm³/mol. The summed E-state index contributed by atoms with van der Waals surface area (Å²) in [6.07, 6.45) is 2.11. The number of halogens is 1. The average Bonchev–Trinajstić information content (AvgIpc) is 2.83. The van der Waals surface area contributed by atoms with Crippen LogP contribution in [0.25, 0.3) is 10.9 Å². The van der Waals surface area contributed by atoms with Crippen LogP contribution in [0, 0.1) is 0 Å². The van der Waals surface area contributed by atoms with E-state index < -0.39 is 0 Å². The lowest BCUT2D eigenvalue weighted by Gasteiger charge is -2.06. The molecular formula is C16H15ClN2. The summed E-state index contributed by atoms with van der Waals surface area (Å²) in [5, 5.41) is 2.01. The van der Waals surface area contributed by atoms with Gasteiger partial charge in [0, 0.05) is 29.8 Å². The van der Waals surface area contributed by atoms with Gasteiger partial charge in [0.1, 0.15) is 0 Å². The highest BCUT2D eigenvalue weighted by Gasteiger charge is 2.02. The highest BCUT2D eigenvalue weighted by molar-refractivity contribution is 6.30. The van der Waals surface area contributed by atoms with E-state index in [1.807, 2.05) is 12.1 Å². The third kappa shape index (κ3) is 2.50. The summed E-state index contributed by atoms with van der Waals surface area (Å²) in [6, 6.07) is 16.5. The van der Waals surface area contributed by atoms with Crippen LogP contribution in [-0.4, -0.2) is 4.57 Å². The minimum Gasteiger partial charge on any atom is -0.343 e. The Kier molecular flexibility index (Phi) is 3.28. The Morgan fingerprint density at radius 1 is 0.947 bits per heavy atom. The third-order valence-corrected chi connectivity index (χ3v) is 3.59. The molecule has 1 aromatic heterocycles. The summed E-state index contributed by atoms with van der Waals surface area (Å²) >= 11 is 5.90. The second kappa shape index (κ2) is 5.08. The first-order valence-electron chi connectivity index (χ1n) is 6.28. The largest absolute Gasteiger partial charge is 0.343 e. The Morgan fingerprint density at radius 2 is 1.68 bits per heavy atom. The van der Waals surface area contributed by atoms with E-state index in [2.05, 4.69) is 47.2 Å². The molecule has 0 spiro atoms. The number of rotatable bonds is 3. The van der Waals surface area contributed by atoms with Gasteiger partial charge in [-0.2, -0.15) is 0 Å². The Bertz CT molecular complexity index is 698. The van der Waals surface area contributed by atoms with Gasteiger partial charge in [0.25, 0.3) is 0 Å². The Morgan fingerprint density at radius 3 is 2.42 bits per heavy atom. The van der Waals surface area contributed by atoms with Crippen molar-refractivity contribution in [3.8, 4) is 0 Å². The molecule has 3 heteroatoms. The number of benzene rings is 2. The zero-order valence-electron chi connectivity index (χ0n) is 10.5. The van der Waals surface area contributed by atoms with E-state index in [9.17, 15) is 0 Å². The number of hydrogen-bond acceptors (Lipinski definition) is 1. The quantitative estimate of drug-likeness (QED) is 0.771. The Hall–Kier alpha value is -1.77. The molecule has 0 radical (unpaired) electrons. The topological polar surface area (TPSA) is 30.9 Å². The van der Waals surface area contributed by atoms with Crippen molar-refractivity contribution in [2.75, 3.05) is 0 Å². The van der Waals surface area contributed by atoms with Crippen LogP contribution in [-0.2, 0) is 13.1 Å². The number of fused-ring (bicyclic) bond motifs is 1. The lowest BCUT2D eigenvalue weighted by atomic mass is 10.1. The normalized spacial score (nSPS) is 11.1. The van der Waals surface area contributed by atoms with Crippen LogP contribution < -0.4 is 5.73 Å². The van der Waals surface area contributed by atoms with Crippen LogP contribution in [0.3, 0.4) is 0 Å². The highest BCUT2D eigenvalue weighted by Crippen LogP contribution is 2.19. The summed E-state index contributed by atoms with van der Waals surface area (Å²) in [7, 11) is 0. The van der Waals surface area contributed by atoms with Crippen molar-refractivity contribution in [3.05, 3.63) is 70.9 Å². The molecule has 3 aromatic rings. The van der Waals surface area contributed by atoms with Gasteiger partial charge in [-0.15, -0.1) is 0 Å². The summed E-state index contributed by atoms with van der Waals surface area (Å²) in [4.78, 5) is 0. The maximum Gasteiger partial charge on any atom is 0.0483 e. The molecular weight excluding hydrogens is 256 g/mol. The molecule has 0 aliphatic heterocycles. The van der Waals surface area contributed by atoms with Crippen LogP contribution >= 0.6 is 11.6 Å². The molecule has 0 aliphatic carbocycles. The van der Waals surface area contributed by atoms with Gasteiger partial charge < -0.3 is 10.3 Å². The van der Waals surface area contributed by atoms with Gasteiger partial charge in [-0.25, -0.2) is 0 Å². The number of nitrogens with two attached hydrogens (primary N) is 1. The number of nitrogens with zero attached hydrogens (tertiary/aromatic N) is 1. The fourth-order valence-electron chi connectivity index (χ4n) is 2.30. The lowest BCUT2D eigenvalue weighted by Crippen LogP contribution is -1.98. The molecule has 0 unspecified atom stereocenters. The number of hydrogen-bond donors (Lipinski definition) is 1. The van der Waals surface area contributed by atoms with E-state index in [1.54, 1.807) is 0 Å². The predicted octanol–water partition coefficient (Wildman–Crippen LogP) is 3.80. The molecule has 0 saturated carbocycles.